The fourth-order valence-corrected chi connectivity index (χ4v) is 6.41. The highest BCUT2D eigenvalue weighted by Gasteiger charge is 2.58. The van der Waals surface area contributed by atoms with Gasteiger partial charge < -0.3 is 0 Å². The number of pyridine rings is 1. The molecule has 0 aliphatic heterocycles. The summed E-state index contributed by atoms with van der Waals surface area (Å²) in [4.78, 5) is 4.50. The molecule has 5 rings (SSSR count). The quantitative estimate of drug-likeness (QED) is 0.660. The summed E-state index contributed by atoms with van der Waals surface area (Å²) in [5, 5.41) is 0. The van der Waals surface area contributed by atoms with Crippen molar-refractivity contribution in [2.45, 2.75) is 58.4 Å². The second-order valence-electron chi connectivity index (χ2n) is 8.47. The SMILES string of the molecule is Cc1ccc(C(NN)C23CC4CC(CC(C)(C4)C2)C3)cn1. The standard InChI is InChI=1S/C18H27N3/c1-12-3-4-15(10-20-12)16(21-19)18-8-13-5-14(9-18)7-17(2,6-13)11-18/h3-4,10,13-14,16,21H,5-9,11,19H2,1-2H3. The topological polar surface area (TPSA) is 50.9 Å². The molecule has 4 fully saturated rings. The van der Waals surface area contributed by atoms with Crippen LogP contribution in [0.1, 0.15) is 62.7 Å². The van der Waals surface area contributed by atoms with Crippen LogP contribution in [0.2, 0.25) is 0 Å². The zero-order chi connectivity index (χ0) is 14.7. The first-order valence-electron chi connectivity index (χ1n) is 8.41. The molecule has 4 saturated carbocycles. The number of nitrogens with zero attached hydrogens (tertiary/aromatic N) is 1. The van der Waals surface area contributed by atoms with E-state index in [0.717, 1.165) is 17.5 Å². The Morgan fingerprint density at radius 3 is 2.48 bits per heavy atom. The lowest BCUT2D eigenvalue weighted by Crippen LogP contribution is -2.56. The van der Waals surface area contributed by atoms with Crippen LogP contribution in [0.4, 0.5) is 0 Å². The van der Waals surface area contributed by atoms with E-state index in [0.29, 0.717) is 10.8 Å². The molecule has 0 amide bonds. The third kappa shape index (κ3) is 2.13. The lowest BCUT2D eigenvalue weighted by Gasteiger charge is -2.63. The van der Waals surface area contributed by atoms with Crippen molar-refractivity contribution in [2.24, 2.45) is 28.5 Å². The Morgan fingerprint density at radius 1 is 1.24 bits per heavy atom. The molecule has 3 unspecified atom stereocenters. The van der Waals surface area contributed by atoms with Gasteiger partial charge in [-0.1, -0.05) is 13.0 Å². The molecule has 1 aromatic heterocycles. The van der Waals surface area contributed by atoms with Crippen molar-refractivity contribution < 1.29 is 0 Å². The molecule has 1 aromatic rings. The summed E-state index contributed by atoms with van der Waals surface area (Å²) in [5.41, 5.74) is 6.42. The molecule has 3 nitrogen and oxygen atoms in total. The van der Waals surface area contributed by atoms with E-state index < -0.39 is 0 Å². The lowest BCUT2D eigenvalue weighted by molar-refractivity contribution is -0.119. The average Bonchev–Trinajstić information content (AvgIpc) is 2.38. The van der Waals surface area contributed by atoms with Gasteiger partial charge in [0.1, 0.15) is 0 Å². The maximum Gasteiger partial charge on any atom is 0.0531 e. The van der Waals surface area contributed by atoms with E-state index in [2.05, 4.69) is 29.5 Å². The van der Waals surface area contributed by atoms with Crippen LogP contribution in [-0.4, -0.2) is 4.98 Å². The summed E-state index contributed by atoms with van der Waals surface area (Å²) in [6.45, 7) is 4.56. The van der Waals surface area contributed by atoms with Gasteiger partial charge in [0.25, 0.3) is 0 Å². The van der Waals surface area contributed by atoms with Crippen molar-refractivity contribution in [2.75, 3.05) is 0 Å². The minimum Gasteiger partial charge on any atom is -0.271 e. The van der Waals surface area contributed by atoms with Crippen molar-refractivity contribution in [3.8, 4) is 0 Å². The number of rotatable bonds is 3. The molecule has 4 aliphatic carbocycles. The number of hydrogen-bond donors (Lipinski definition) is 2. The van der Waals surface area contributed by atoms with Gasteiger partial charge in [-0.2, -0.15) is 0 Å². The third-order valence-corrected chi connectivity index (χ3v) is 6.45. The number of aryl methyl sites for hydroxylation is 1. The number of nitrogens with one attached hydrogen (secondary N) is 1. The molecule has 4 bridgehead atoms. The summed E-state index contributed by atoms with van der Waals surface area (Å²) in [7, 11) is 0. The molecule has 21 heavy (non-hydrogen) atoms. The molecular formula is C18H27N3. The Kier molecular flexibility index (Phi) is 2.96. The smallest absolute Gasteiger partial charge is 0.0531 e. The van der Waals surface area contributed by atoms with Crippen LogP contribution in [0.5, 0.6) is 0 Å². The molecule has 3 N–H and O–H groups in total. The van der Waals surface area contributed by atoms with E-state index in [1.165, 1.54) is 44.1 Å². The third-order valence-electron chi connectivity index (χ3n) is 6.45. The highest BCUT2D eigenvalue weighted by atomic mass is 15.2. The minimum atomic E-state index is 0.260. The summed E-state index contributed by atoms with van der Waals surface area (Å²) in [6, 6.07) is 4.59. The highest BCUT2D eigenvalue weighted by Crippen LogP contribution is 2.68. The van der Waals surface area contributed by atoms with E-state index in [-0.39, 0.29) is 6.04 Å². The van der Waals surface area contributed by atoms with Crippen LogP contribution < -0.4 is 11.3 Å². The summed E-state index contributed by atoms with van der Waals surface area (Å²) in [5.74, 6) is 7.87. The first kappa shape index (κ1) is 13.7. The number of hydrazine groups is 1. The molecule has 0 saturated heterocycles. The minimum absolute atomic E-state index is 0.260. The van der Waals surface area contributed by atoms with Crippen molar-refractivity contribution in [3.05, 3.63) is 29.6 Å². The summed E-state index contributed by atoms with van der Waals surface area (Å²) < 4.78 is 0. The largest absolute Gasteiger partial charge is 0.271 e. The van der Waals surface area contributed by atoms with Crippen molar-refractivity contribution >= 4 is 0 Å². The van der Waals surface area contributed by atoms with Gasteiger partial charge in [-0.15, -0.1) is 0 Å². The Labute approximate surface area is 127 Å². The highest BCUT2D eigenvalue weighted by molar-refractivity contribution is 5.23. The van der Waals surface area contributed by atoms with Crippen molar-refractivity contribution in [3.63, 3.8) is 0 Å². The fraction of sp³-hybridized carbons (Fsp3) is 0.722. The predicted octanol–water partition coefficient (Wildman–Crippen LogP) is 3.50. The molecule has 0 radical (unpaired) electrons. The lowest BCUT2D eigenvalue weighted by atomic mass is 9.43. The molecule has 3 atom stereocenters. The first-order valence-corrected chi connectivity index (χ1v) is 8.41. The Balaban J connectivity index is 1.71. The maximum atomic E-state index is 6.03. The van der Waals surface area contributed by atoms with E-state index in [1.807, 2.05) is 13.1 Å². The van der Waals surface area contributed by atoms with Crippen molar-refractivity contribution in [1.29, 1.82) is 0 Å². The summed E-state index contributed by atoms with van der Waals surface area (Å²) in [6.07, 6.45) is 10.4. The molecule has 1 heterocycles. The number of hydrogen-bond acceptors (Lipinski definition) is 3. The van der Waals surface area contributed by atoms with Gasteiger partial charge in [0.2, 0.25) is 0 Å². The van der Waals surface area contributed by atoms with Crippen LogP contribution in [0.15, 0.2) is 18.3 Å². The van der Waals surface area contributed by atoms with E-state index in [9.17, 15) is 0 Å². The monoisotopic (exact) mass is 285 g/mol. The Bertz CT molecular complexity index is 522. The average molecular weight is 285 g/mol. The summed E-state index contributed by atoms with van der Waals surface area (Å²) >= 11 is 0. The molecular weight excluding hydrogens is 258 g/mol. The molecule has 0 spiro atoms. The van der Waals surface area contributed by atoms with E-state index >= 15 is 0 Å². The molecule has 4 aliphatic rings. The second kappa shape index (κ2) is 4.53. The van der Waals surface area contributed by atoms with Crippen LogP contribution in [0.3, 0.4) is 0 Å². The number of nitrogens with two attached hydrogens (primary N) is 1. The van der Waals surface area contributed by atoms with E-state index in [4.69, 9.17) is 5.84 Å². The molecule has 114 valence electrons. The zero-order valence-corrected chi connectivity index (χ0v) is 13.2. The second-order valence-corrected chi connectivity index (χ2v) is 8.47. The fourth-order valence-electron chi connectivity index (χ4n) is 6.41. The predicted molar refractivity (Wildman–Crippen MR) is 84.3 cm³/mol. The van der Waals surface area contributed by atoms with Crippen molar-refractivity contribution in [1.82, 2.24) is 10.4 Å². The molecule has 3 heteroatoms. The molecule has 0 aromatic carbocycles. The van der Waals surface area contributed by atoms with Gasteiger partial charge in [0.15, 0.2) is 0 Å². The maximum absolute atomic E-state index is 6.03. The van der Waals surface area contributed by atoms with Crippen LogP contribution in [-0.2, 0) is 0 Å². The van der Waals surface area contributed by atoms with Crippen LogP contribution >= 0.6 is 0 Å². The van der Waals surface area contributed by atoms with Crippen LogP contribution in [0, 0.1) is 29.6 Å². The zero-order valence-electron chi connectivity index (χ0n) is 13.2. The van der Waals surface area contributed by atoms with Gasteiger partial charge in [0, 0.05) is 11.9 Å². The van der Waals surface area contributed by atoms with Gasteiger partial charge in [-0.3, -0.25) is 16.3 Å². The Hall–Kier alpha value is -0.930. The van der Waals surface area contributed by atoms with Gasteiger partial charge >= 0.3 is 0 Å². The van der Waals surface area contributed by atoms with Crippen LogP contribution in [0.25, 0.3) is 0 Å². The van der Waals surface area contributed by atoms with E-state index in [1.54, 1.807) is 0 Å². The first-order chi connectivity index (χ1) is 10.0. The normalized spacial score (nSPS) is 42.2. The van der Waals surface area contributed by atoms with Gasteiger partial charge in [0.05, 0.1) is 6.04 Å². The van der Waals surface area contributed by atoms with Gasteiger partial charge in [-0.25, -0.2) is 0 Å². The van der Waals surface area contributed by atoms with Gasteiger partial charge in [-0.05, 0) is 79.7 Å². The Morgan fingerprint density at radius 2 is 1.95 bits per heavy atom. The number of aromatic nitrogens is 1.